The molecule has 0 saturated carbocycles. The van der Waals surface area contributed by atoms with Gasteiger partial charge in [0.1, 0.15) is 12.3 Å². The minimum Gasteiger partial charge on any atom is -0.495 e. The largest absolute Gasteiger partial charge is 0.495 e. The Morgan fingerprint density at radius 2 is 2.00 bits per heavy atom. The third-order valence-corrected chi connectivity index (χ3v) is 3.55. The first-order valence-corrected chi connectivity index (χ1v) is 7.83. The Balaban J connectivity index is 2.08. The van der Waals surface area contributed by atoms with E-state index in [1.165, 1.54) is 18.3 Å². The van der Waals surface area contributed by atoms with Crippen molar-refractivity contribution in [3.8, 4) is 5.75 Å². The zero-order valence-electron chi connectivity index (χ0n) is 14.2. The molecule has 1 heterocycles. The van der Waals surface area contributed by atoms with Crippen molar-refractivity contribution in [1.82, 2.24) is 4.90 Å². The number of methoxy groups -OCH3 is 1. The van der Waals surface area contributed by atoms with Gasteiger partial charge in [0.15, 0.2) is 5.76 Å². The summed E-state index contributed by atoms with van der Waals surface area (Å²) >= 11 is 0. The molecule has 2 aromatic rings. The van der Waals surface area contributed by atoms with Gasteiger partial charge in [0, 0.05) is 12.1 Å². The molecule has 128 valence electrons. The Kier molecular flexibility index (Phi) is 6.01. The van der Waals surface area contributed by atoms with Gasteiger partial charge in [0.05, 0.1) is 19.1 Å². The van der Waals surface area contributed by atoms with Gasteiger partial charge in [-0.25, -0.2) is 0 Å². The van der Waals surface area contributed by atoms with Crippen molar-refractivity contribution in [2.24, 2.45) is 0 Å². The maximum absolute atomic E-state index is 12.6. The Morgan fingerprint density at radius 3 is 2.62 bits per heavy atom. The molecule has 0 atom stereocenters. The second-order valence-corrected chi connectivity index (χ2v) is 5.41. The van der Waals surface area contributed by atoms with E-state index < -0.39 is 0 Å². The normalized spacial score (nSPS) is 10.3. The SMILES string of the molecule is CCCN(CC(=O)Nc1ccccc1OC)C(=O)c1occc1C. The van der Waals surface area contributed by atoms with E-state index in [0.717, 1.165) is 12.0 Å². The van der Waals surface area contributed by atoms with Gasteiger partial charge in [-0.1, -0.05) is 19.1 Å². The van der Waals surface area contributed by atoms with Crippen LogP contribution in [-0.4, -0.2) is 36.9 Å². The van der Waals surface area contributed by atoms with Crippen molar-refractivity contribution in [2.75, 3.05) is 25.5 Å². The third-order valence-electron chi connectivity index (χ3n) is 3.55. The molecule has 0 saturated heterocycles. The van der Waals surface area contributed by atoms with Crippen molar-refractivity contribution in [3.63, 3.8) is 0 Å². The number of hydrogen-bond donors (Lipinski definition) is 1. The summed E-state index contributed by atoms with van der Waals surface area (Å²) in [6.45, 7) is 4.17. The molecule has 1 aromatic carbocycles. The molecular weight excluding hydrogens is 308 g/mol. The maximum atomic E-state index is 12.6. The first-order valence-electron chi connectivity index (χ1n) is 7.83. The molecular formula is C18H22N2O4. The highest BCUT2D eigenvalue weighted by Gasteiger charge is 2.22. The van der Waals surface area contributed by atoms with Gasteiger partial charge in [0.25, 0.3) is 5.91 Å². The van der Waals surface area contributed by atoms with E-state index in [-0.39, 0.29) is 24.1 Å². The van der Waals surface area contributed by atoms with E-state index in [0.29, 0.717) is 18.0 Å². The second-order valence-electron chi connectivity index (χ2n) is 5.41. The Bertz CT molecular complexity index is 709. The fourth-order valence-electron chi connectivity index (χ4n) is 2.37. The highest BCUT2D eigenvalue weighted by Crippen LogP contribution is 2.23. The number of hydrogen-bond acceptors (Lipinski definition) is 4. The average molecular weight is 330 g/mol. The van der Waals surface area contributed by atoms with E-state index >= 15 is 0 Å². The van der Waals surface area contributed by atoms with Gasteiger partial charge in [-0.3, -0.25) is 9.59 Å². The van der Waals surface area contributed by atoms with Crippen molar-refractivity contribution in [2.45, 2.75) is 20.3 Å². The number of para-hydroxylation sites is 2. The van der Waals surface area contributed by atoms with Crippen LogP contribution in [0.1, 0.15) is 29.5 Å². The van der Waals surface area contributed by atoms with Crippen LogP contribution in [-0.2, 0) is 4.79 Å². The smallest absolute Gasteiger partial charge is 0.290 e. The zero-order valence-corrected chi connectivity index (χ0v) is 14.2. The van der Waals surface area contributed by atoms with Gasteiger partial charge in [-0.2, -0.15) is 0 Å². The number of carbonyl (C=O) groups is 2. The lowest BCUT2D eigenvalue weighted by Crippen LogP contribution is -2.38. The van der Waals surface area contributed by atoms with Crippen molar-refractivity contribution in [3.05, 3.63) is 47.9 Å². The van der Waals surface area contributed by atoms with Crippen LogP contribution in [0.4, 0.5) is 5.69 Å². The predicted octanol–water partition coefficient (Wildman–Crippen LogP) is 3.09. The lowest BCUT2D eigenvalue weighted by molar-refractivity contribution is -0.116. The third kappa shape index (κ3) is 4.16. The lowest BCUT2D eigenvalue weighted by Gasteiger charge is -2.21. The molecule has 0 fully saturated rings. The number of furan rings is 1. The minimum absolute atomic E-state index is 0.0507. The van der Waals surface area contributed by atoms with Gasteiger partial charge < -0.3 is 19.4 Å². The van der Waals surface area contributed by atoms with Crippen molar-refractivity contribution >= 4 is 17.5 Å². The lowest BCUT2D eigenvalue weighted by atomic mass is 10.2. The minimum atomic E-state index is -0.287. The van der Waals surface area contributed by atoms with Crippen LogP contribution in [0.5, 0.6) is 5.75 Å². The number of nitrogens with one attached hydrogen (secondary N) is 1. The molecule has 2 amide bonds. The average Bonchev–Trinajstić information content (AvgIpc) is 3.00. The molecule has 1 N–H and O–H groups in total. The van der Waals surface area contributed by atoms with Crippen LogP contribution >= 0.6 is 0 Å². The summed E-state index contributed by atoms with van der Waals surface area (Å²) in [5, 5.41) is 2.78. The zero-order chi connectivity index (χ0) is 17.5. The summed E-state index contributed by atoms with van der Waals surface area (Å²) in [5.74, 6) is 0.273. The van der Waals surface area contributed by atoms with E-state index in [9.17, 15) is 9.59 Å². The molecule has 0 radical (unpaired) electrons. The first-order chi connectivity index (χ1) is 11.6. The van der Waals surface area contributed by atoms with Crippen molar-refractivity contribution < 1.29 is 18.7 Å². The van der Waals surface area contributed by atoms with E-state index in [4.69, 9.17) is 9.15 Å². The number of amides is 2. The van der Waals surface area contributed by atoms with Crippen LogP contribution in [0.15, 0.2) is 41.0 Å². The number of carbonyl (C=O) groups excluding carboxylic acids is 2. The van der Waals surface area contributed by atoms with Gasteiger partial charge in [-0.15, -0.1) is 0 Å². The monoisotopic (exact) mass is 330 g/mol. The van der Waals surface area contributed by atoms with Gasteiger partial charge >= 0.3 is 0 Å². The molecule has 0 aliphatic rings. The quantitative estimate of drug-likeness (QED) is 0.847. The van der Waals surface area contributed by atoms with Crippen LogP contribution in [0.25, 0.3) is 0 Å². The van der Waals surface area contributed by atoms with E-state index in [2.05, 4.69) is 5.32 Å². The van der Waals surface area contributed by atoms with Gasteiger partial charge in [-0.05, 0) is 31.5 Å². The number of aryl methyl sites for hydroxylation is 1. The highest BCUT2D eigenvalue weighted by atomic mass is 16.5. The van der Waals surface area contributed by atoms with Crippen LogP contribution < -0.4 is 10.1 Å². The molecule has 0 unspecified atom stereocenters. The number of nitrogens with zero attached hydrogens (tertiary/aromatic N) is 1. The number of ether oxygens (including phenoxy) is 1. The number of rotatable bonds is 7. The molecule has 0 aliphatic carbocycles. The Labute approximate surface area is 141 Å². The predicted molar refractivity (Wildman–Crippen MR) is 91.3 cm³/mol. The van der Waals surface area contributed by atoms with Crippen LogP contribution in [0.3, 0.4) is 0 Å². The van der Waals surface area contributed by atoms with E-state index in [1.807, 2.05) is 13.0 Å². The maximum Gasteiger partial charge on any atom is 0.290 e. The summed E-state index contributed by atoms with van der Waals surface area (Å²) in [6.07, 6.45) is 2.22. The molecule has 24 heavy (non-hydrogen) atoms. The molecule has 1 aromatic heterocycles. The number of anilines is 1. The van der Waals surface area contributed by atoms with E-state index in [1.54, 1.807) is 31.2 Å². The topological polar surface area (TPSA) is 71.8 Å². The summed E-state index contributed by atoms with van der Waals surface area (Å²) in [6, 6.07) is 8.86. The second kappa shape index (κ2) is 8.19. The Hall–Kier alpha value is -2.76. The first kappa shape index (κ1) is 17.6. The summed E-state index contributed by atoms with van der Waals surface area (Å²) in [7, 11) is 1.54. The Morgan fingerprint density at radius 1 is 1.25 bits per heavy atom. The highest BCUT2D eigenvalue weighted by molar-refractivity contribution is 5.99. The summed E-state index contributed by atoms with van der Waals surface area (Å²) in [4.78, 5) is 26.4. The van der Waals surface area contributed by atoms with Crippen molar-refractivity contribution in [1.29, 1.82) is 0 Å². The molecule has 2 rings (SSSR count). The van der Waals surface area contributed by atoms with Crippen LogP contribution in [0.2, 0.25) is 0 Å². The summed E-state index contributed by atoms with van der Waals surface area (Å²) in [5.41, 5.74) is 1.33. The molecule has 0 aliphatic heterocycles. The fourth-order valence-corrected chi connectivity index (χ4v) is 2.37. The fraction of sp³-hybridized carbons (Fsp3) is 0.333. The standard InChI is InChI=1S/C18H22N2O4/c1-4-10-20(18(22)17-13(2)9-11-24-17)12-16(21)19-14-7-5-6-8-15(14)23-3/h5-9,11H,4,10,12H2,1-3H3,(H,19,21). The molecule has 0 spiro atoms. The molecule has 6 heteroatoms. The number of benzene rings is 1. The summed E-state index contributed by atoms with van der Waals surface area (Å²) < 4.78 is 10.5. The molecule has 0 bridgehead atoms. The molecule has 6 nitrogen and oxygen atoms in total. The van der Waals surface area contributed by atoms with Gasteiger partial charge in [0.2, 0.25) is 5.91 Å². The van der Waals surface area contributed by atoms with Crippen LogP contribution in [0, 0.1) is 6.92 Å².